The van der Waals surface area contributed by atoms with E-state index >= 15 is 0 Å². The van der Waals surface area contributed by atoms with E-state index in [0.29, 0.717) is 37.0 Å². The molecular weight excluding hydrogens is 502 g/mol. The van der Waals surface area contributed by atoms with E-state index in [-0.39, 0.29) is 24.1 Å². The average molecular weight is 554 g/mol. The molecule has 2 aliphatic rings. The van der Waals surface area contributed by atoms with E-state index in [1.807, 2.05) is 49.6 Å². The lowest BCUT2D eigenvalue weighted by Gasteiger charge is -2.38. The van der Waals surface area contributed by atoms with Crippen LogP contribution in [-0.4, -0.2) is 63.8 Å². The minimum atomic E-state index is -0.504. The number of anilines is 1. The Morgan fingerprint density at radius 2 is 1.75 bits per heavy atom. The number of carbonyl (C=O) groups excluding carboxylic acids is 1. The standard InChI is InChI=1S/C32H51N5O3/c1-23-17-18-26(36(23)25-13-9-7-6-8-10-14-25)21-24(2)37-28-16-12-11-15-27(28)35-30(31(37)39)34-20-19-33-22-29(38)40-32(3,4)5/h11-12,15-16,23-26,33H,6-10,13-14,17-22H2,1-5H3,(H,34,35)/t23?,24-,26-/m0/s1. The smallest absolute Gasteiger partial charge is 0.320 e. The van der Waals surface area contributed by atoms with Crippen molar-refractivity contribution in [2.45, 2.75) is 129 Å². The van der Waals surface area contributed by atoms with Crippen LogP contribution in [0.25, 0.3) is 11.0 Å². The third-order valence-electron chi connectivity index (χ3n) is 8.48. The quantitative estimate of drug-likeness (QED) is 0.290. The Morgan fingerprint density at radius 1 is 1.05 bits per heavy atom. The van der Waals surface area contributed by atoms with Gasteiger partial charge in [-0.2, -0.15) is 0 Å². The van der Waals surface area contributed by atoms with E-state index in [1.165, 1.54) is 57.8 Å². The first kappa shape index (κ1) is 30.5. The molecular formula is C32H51N5O3. The highest BCUT2D eigenvalue weighted by molar-refractivity contribution is 5.76. The summed E-state index contributed by atoms with van der Waals surface area (Å²) < 4.78 is 7.30. The number of likely N-dealkylation sites (tertiary alicyclic amines) is 1. The lowest BCUT2D eigenvalue weighted by molar-refractivity contribution is -0.153. The first-order valence-corrected chi connectivity index (χ1v) is 15.6. The lowest BCUT2D eigenvalue weighted by atomic mass is 9.94. The number of nitrogens with zero attached hydrogens (tertiary/aromatic N) is 3. The minimum Gasteiger partial charge on any atom is -0.459 e. The van der Waals surface area contributed by atoms with Gasteiger partial charge in [0, 0.05) is 37.3 Å². The molecule has 1 unspecified atom stereocenters. The Balaban J connectivity index is 1.45. The zero-order valence-corrected chi connectivity index (χ0v) is 25.4. The van der Waals surface area contributed by atoms with E-state index in [2.05, 4.69) is 34.4 Å². The van der Waals surface area contributed by atoms with Crippen molar-refractivity contribution in [2.75, 3.05) is 25.0 Å². The van der Waals surface area contributed by atoms with Crippen LogP contribution in [0.2, 0.25) is 0 Å². The fourth-order valence-electron chi connectivity index (χ4n) is 6.77. The maximum absolute atomic E-state index is 13.8. The van der Waals surface area contributed by atoms with Gasteiger partial charge in [0.05, 0.1) is 17.6 Å². The molecule has 1 aliphatic carbocycles. The molecule has 40 heavy (non-hydrogen) atoms. The molecule has 1 aromatic heterocycles. The maximum Gasteiger partial charge on any atom is 0.320 e. The summed E-state index contributed by atoms with van der Waals surface area (Å²) >= 11 is 0. The zero-order chi connectivity index (χ0) is 28.7. The largest absolute Gasteiger partial charge is 0.459 e. The van der Waals surface area contributed by atoms with Gasteiger partial charge in [-0.05, 0) is 78.9 Å². The molecule has 2 fully saturated rings. The Morgan fingerprint density at radius 3 is 2.48 bits per heavy atom. The van der Waals surface area contributed by atoms with Gasteiger partial charge in [0.2, 0.25) is 0 Å². The fourth-order valence-corrected chi connectivity index (χ4v) is 6.77. The Bertz CT molecular complexity index is 1170. The SMILES string of the molecule is CC1CC[C@@H](C[C@H](C)n2c(=O)c(NCCNCC(=O)OC(C)(C)C)nc3ccccc32)N1C1CCCCCCC1. The number of hydrogen-bond acceptors (Lipinski definition) is 7. The van der Waals surface area contributed by atoms with Crippen molar-refractivity contribution in [2.24, 2.45) is 0 Å². The number of rotatable bonds is 10. The van der Waals surface area contributed by atoms with Gasteiger partial charge in [-0.15, -0.1) is 0 Å². The second-order valence-electron chi connectivity index (χ2n) is 12.9. The number of nitrogens with one attached hydrogen (secondary N) is 2. The first-order valence-electron chi connectivity index (χ1n) is 15.6. The van der Waals surface area contributed by atoms with Gasteiger partial charge >= 0.3 is 5.97 Å². The van der Waals surface area contributed by atoms with E-state index in [4.69, 9.17) is 4.74 Å². The lowest BCUT2D eigenvalue weighted by Crippen LogP contribution is -2.44. The number of para-hydroxylation sites is 2. The molecule has 2 N–H and O–H groups in total. The molecule has 222 valence electrons. The minimum absolute atomic E-state index is 0.0533. The average Bonchev–Trinajstić information content (AvgIpc) is 3.22. The summed E-state index contributed by atoms with van der Waals surface area (Å²) in [6.45, 7) is 11.3. The number of hydrogen-bond donors (Lipinski definition) is 2. The molecule has 0 bridgehead atoms. The second-order valence-corrected chi connectivity index (χ2v) is 12.9. The highest BCUT2D eigenvalue weighted by atomic mass is 16.6. The van der Waals surface area contributed by atoms with Crippen LogP contribution in [0.1, 0.15) is 105 Å². The van der Waals surface area contributed by atoms with Crippen molar-refractivity contribution in [1.29, 1.82) is 0 Å². The molecule has 1 saturated heterocycles. The monoisotopic (exact) mass is 553 g/mol. The van der Waals surface area contributed by atoms with E-state index < -0.39 is 5.60 Å². The highest BCUT2D eigenvalue weighted by Gasteiger charge is 2.36. The van der Waals surface area contributed by atoms with Crippen LogP contribution in [0.3, 0.4) is 0 Å². The molecule has 8 heteroatoms. The number of esters is 1. The van der Waals surface area contributed by atoms with Crippen LogP contribution in [0.15, 0.2) is 29.1 Å². The summed E-state index contributed by atoms with van der Waals surface area (Å²) in [5.74, 6) is 0.0727. The van der Waals surface area contributed by atoms with Gasteiger partial charge in [0.25, 0.3) is 5.56 Å². The van der Waals surface area contributed by atoms with Crippen LogP contribution in [0.4, 0.5) is 5.82 Å². The van der Waals surface area contributed by atoms with E-state index in [1.54, 1.807) is 0 Å². The van der Waals surface area contributed by atoms with Crippen molar-refractivity contribution in [3.63, 3.8) is 0 Å². The fraction of sp³-hybridized carbons (Fsp3) is 0.719. The van der Waals surface area contributed by atoms with Crippen molar-refractivity contribution >= 4 is 22.8 Å². The number of ether oxygens (including phenoxy) is 1. The van der Waals surface area contributed by atoms with Gasteiger partial charge in [-0.3, -0.25) is 14.5 Å². The van der Waals surface area contributed by atoms with Crippen molar-refractivity contribution in [1.82, 2.24) is 19.8 Å². The predicted molar refractivity (Wildman–Crippen MR) is 163 cm³/mol. The van der Waals surface area contributed by atoms with Crippen LogP contribution in [0.5, 0.6) is 0 Å². The van der Waals surface area contributed by atoms with Gasteiger partial charge in [0.1, 0.15) is 5.60 Å². The normalized spacial score (nSPS) is 22.1. The zero-order valence-electron chi connectivity index (χ0n) is 25.4. The van der Waals surface area contributed by atoms with Crippen LogP contribution in [-0.2, 0) is 9.53 Å². The molecule has 0 radical (unpaired) electrons. The Hall–Kier alpha value is -2.45. The summed E-state index contributed by atoms with van der Waals surface area (Å²) in [6.07, 6.45) is 12.8. The molecule has 2 aromatic rings. The number of carbonyl (C=O) groups is 1. The third kappa shape index (κ3) is 8.06. The summed E-state index contributed by atoms with van der Waals surface area (Å²) in [5, 5.41) is 6.32. The third-order valence-corrected chi connectivity index (χ3v) is 8.48. The van der Waals surface area contributed by atoms with Gasteiger partial charge in [-0.1, -0.05) is 44.2 Å². The highest BCUT2D eigenvalue weighted by Crippen LogP contribution is 2.35. The summed E-state index contributed by atoms with van der Waals surface area (Å²) in [4.78, 5) is 33.2. The van der Waals surface area contributed by atoms with E-state index in [0.717, 1.165) is 17.5 Å². The maximum atomic E-state index is 13.8. The summed E-state index contributed by atoms with van der Waals surface area (Å²) in [5.41, 5.74) is 1.12. The van der Waals surface area contributed by atoms with Crippen LogP contribution < -0.4 is 16.2 Å². The van der Waals surface area contributed by atoms with Gasteiger partial charge < -0.3 is 19.9 Å². The number of fused-ring (bicyclic) bond motifs is 1. The van der Waals surface area contributed by atoms with Crippen molar-refractivity contribution in [3.05, 3.63) is 34.6 Å². The van der Waals surface area contributed by atoms with Crippen molar-refractivity contribution < 1.29 is 9.53 Å². The number of benzene rings is 1. The topological polar surface area (TPSA) is 88.5 Å². The molecule has 0 spiro atoms. The molecule has 1 aliphatic heterocycles. The van der Waals surface area contributed by atoms with Gasteiger partial charge in [0.15, 0.2) is 5.82 Å². The Labute approximate surface area is 240 Å². The molecule has 4 rings (SSSR count). The molecule has 1 aromatic carbocycles. The first-order chi connectivity index (χ1) is 19.1. The Kier molecular flexibility index (Phi) is 10.6. The van der Waals surface area contributed by atoms with Crippen LogP contribution >= 0.6 is 0 Å². The van der Waals surface area contributed by atoms with Gasteiger partial charge in [-0.25, -0.2) is 4.98 Å². The molecule has 0 amide bonds. The predicted octanol–water partition coefficient (Wildman–Crippen LogP) is 5.66. The molecule has 3 atom stereocenters. The number of aromatic nitrogens is 2. The van der Waals surface area contributed by atoms with E-state index in [9.17, 15) is 9.59 Å². The second kappa shape index (κ2) is 13.9. The van der Waals surface area contributed by atoms with Crippen LogP contribution in [0, 0.1) is 0 Å². The molecule has 8 nitrogen and oxygen atoms in total. The summed E-state index contributed by atoms with van der Waals surface area (Å²) in [6, 6.07) is 9.77. The molecule has 2 heterocycles. The summed E-state index contributed by atoms with van der Waals surface area (Å²) in [7, 11) is 0. The molecule has 1 saturated carbocycles. The van der Waals surface area contributed by atoms with Crippen molar-refractivity contribution in [3.8, 4) is 0 Å².